The first-order valence-electron chi connectivity index (χ1n) is 9.50. The summed E-state index contributed by atoms with van der Waals surface area (Å²) in [4.78, 5) is 16.8. The number of ether oxygens (including phenoxy) is 1. The van der Waals surface area contributed by atoms with E-state index >= 15 is 0 Å². The topological polar surface area (TPSA) is 99.3 Å². The highest BCUT2D eigenvalue weighted by molar-refractivity contribution is 6.62. The highest BCUT2D eigenvalue weighted by atomic mass is 16.7. The molecule has 0 bridgehead atoms. The number of esters is 1. The molecule has 0 N–H and O–H groups in total. The third-order valence-electron chi connectivity index (χ3n) is 5.71. The predicted octanol–water partition coefficient (Wildman–Crippen LogP) is 2.38. The van der Waals surface area contributed by atoms with E-state index < -0.39 is 24.3 Å². The maximum atomic E-state index is 12.5. The van der Waals surface area contributed by atoms with Crippen molar-refractivity contribution in [3.8, 4) is 11.9 Å². The van der Waals surface area contributed by atoms with Crippen molar-refractivity contribution in [2.24, 2.45) is 0 Å². The molecule has 1 aliphatic heterocycles. The summed E-state index contributed by atoms with van der Waals surface area (Å²) in [5, 5.41) is 14.2. The van der Waals surface area contributed by atoms with Crippen LogP contribution in [0.25, 0.3) is 16.7 Å². The third kappa shape index (κ3) is 3.14. The van der Waals surface area contributed by atoms with Crippen molar-refractivity contribution in [2.75, 3.05) is 7.11 Å². The lowest BCUT2D eigenvalue weighted by atomic mass is 9.77. The van der Waals surface area contributed by atoms with Crippen LogP contribution in [-0.4, -0.2) is 46.2 Å². The summed E-state index contributed by atoms with van der Waals surface area (Å²) in [6.07, 6.45) is 1.58. The Labute approximate surface area is 174 Å². The van der Waals surface area contributed by atoms with Crippen molar-refractivity contribution in [2.45, 2.75) is 38.9 Å². The van der Waals surface area contributed by atoms with Gasteiger partial charge in [-0.3, -0.25) is 0 Å². The number of aromatic nitrogens is 3. The second kappa shape index (κ2) is 6.94. The molecule has 3 heterocycles. The number of pyridine rings is 1. The summed E-state index contributed by atoms with van der Waals surface area (Å²) < 4.78 is 18.9. The molecule has 0 spiro atoms. The lowest BCUT2D eigenvalue weighted by Crippen LogP contribution is -2.41. The van der Waals surface area contributed by atoms with Gasteiger partial charge in [0.05, 0.1) is 35.6 Å². The Balaban J connectivity index is 1.91. The summed E-state index contributed by atoms with van der Waals surface area (Å²) in [6.45, 7) is 7.87. The van der Waals surface area contributed by atoms with Crippen LogP contribution in [0.2, 0.25) is 0 Å². The van der Waals surface area contributed by atoms with Crippen LogP contribution >= 0.6 is 0 Å². The van der Waals surface area contributed by atoms with Gasteiger partial charge in [-0.25, -0.2) is 14.5 Å². The van der Waals surface area contributed by atoms with Crippen molar-refractivity contribution in [1.82, 2.24) is 14.8 Å². The van der Waals surface area contributed by atoms with Crippen LogP contribution in [0.5, 0.6) is 0 Å². The summed E-state index contributed by atoms with van der Waals surface area (Å²) >= 11 is 0. The van der Waals surface area contributed by atoms with Crippen LogP contribution in [-0.2, 0) is 14.0 Å². The maximum absolute atomic E-state index is 12.5. The fraction of sp³-hybridized carbons (Fsp3) is 0.333. The zero-order valence-electron chi connectivity index (χ0n) is 17.5. The zero-order valence-corrected chi connectivity index (χ0v) is 17.5. The fourth-order valence-corrected chi connectivity index (χ4v) is 3.33. The van der Waals surface area contributed by atoms with Gasteiger partial charge in [0.2, 0.25) is 0 Å². The third-order valence-corrected chi connectivity index (χ3v) is 5.71. The van der Waals surface area contributed by atoms with E-state index in [0.717, 1.165) is 0 Å². The Morgan fingerprint density at radius 2 is 1.90 bits per heavy atom. The molecule has 1 aliphatic rings. The van der Waals surface area contributed by atoms with E-state index in [9.17, 15) is 10.1 Å². The minimum atomic E-state index is -0.662. The van der Waals surface area contributed by atoms with E-state index in [1.807, 2.05) is 39.8 Å². The molecule has 0 radical (unpaired) electrons. The average Bonchev–Trinajstić information content (AvgIpc) is 3.24. The highest BCUT2D eigenvalue weighted by Crippen LogP contribution is 2.37. The number of nitriles is 1. The van der Waals surface area contributed by atoms with Gasteiger partial charge >= 0.3 is 13.1 Å². The normalized spacial score (nSPS) is 17.1. The maximum Gasteiger partial charge on any atom is 0.494 e. The summed E-state index contributed by atoms with van der Waals surface area (Å²) in [7, 11) is 0.669. The lowest BCUT2D eigenvalue weighted by molar-refractivity contribution is 0.00578. The SMILES string of the molecule is COC(=O)c1cc(B2OC(C)(C)C(C)(C)O2)cc2c1cnn2-c1cccc(C#N)n1. The molecule has 30 heavy (non-hydrogen) atoms. The van der Waals surface area contributed by atoms with E-state index in [1.54, 1.807) is 35.1 Å². The van der Waals surface area contributed by atoms with Gasteiger partial charge < -0.3 is 14.0 Å². The van der Waals surface area contributed by atoms with Gasteiger partial charge in [0.25, 0.3) is 0 Å². The number of fused-ring (bicyclic) bond motifs is 1. The molecule has 0 aliphatic carbocycles. The predicted molar refractivity (Wildman–Crippen MR) is 111 cm³/mol. The zero-order chi connectivity index (χ0) is 21.7. The first-order valence-corrected chi connectivity index (χ1v) is 9.50. The van der Waals surface area contributed by atoms with E-state index in [1.165, 1.54) is 7.11 Å². The summed E-state index contributed by atoms with van der Waals surface area (Å²) in [6, 6.07) is 10.7. The number of carbonyl (C=O) groups is 1. The molecule has 0 saturated carbocycles. The molecular formula is C21H21BN4O4. The minimum absolute atomic E-state index is 0.270. The molecule has 0 amide bonds. The average molecular weight is 404 g/mol. The largest absolute Gasteiger partial charge is 0.494 e. The van der Waals surface area contributed by atoms with E-state index in [0.29, 0.717) is 27.7 Å². The second-order valence-corrected chi connectivity index (χ2v) is 8.13. The van der Waals surface area contributed by atoms with Crippen LogP contribution in [0, 0.1) is 11.3 Å². The smallest absolute Gasteiger partial charge is 0.465 e. The van der Waals surface area contributed by atoms with Crippen LogP contribution in [0.3, 0.4) is 0 Å². The number of carbonyl (C=O) groups excluding carboxylic acids is 1. The lowest BCUT2D eigenvalue weighted by Gasteiger charge is -2.32. The van der Waals surface area contributed by atoms with Crippen molar-refractivity contribution < 1.29 is 18.8 Å². The molecule has 9 heteroatoms. The molecule has 4 rings (SSSR count). The number of nitrogens with zero attached hydrogens (tertiary/aromatic N) is 4. The molecule has 1 saturated heterocycles. The molecular weight excluding hydrogens is 383 g/mol. The van der Waals surface area contributed by atoms with Gasteiger partial charge in [-0.05, 0) is 57.4 Å². The van der Waals surface area contributed by atoms with Crippen LogP contribution in [0.1, 0.15) is 43.7 Å². The van der Waals surface area contributed by atoms with Crippen LogP contribution in [0.15, 0.2) is 36.5 Å². The Morgan fingerprint density at radius 3 is 2.53 bits per heavy atom. The molecule has 0 atom stereocenters. The quantitative estimate of drug-likeness (QED) is 0.488. The molecule has 8 nitrogen and oxygen atoms in total. The van der Waals surface area contributed by atoms with E-state index in [-0.39, 0.29) is 5.69 Å². The van der Waals surface area contributed by atoms with Crippen molar-refractivity contribution in [3.05, 3.63) is 47.8 Å². The summed E-state index contributed by atoms with van der Waals surface area (Å²) in [5.74, 6) is -0.0254. The number of methoxy groups -OCH3 is 1. The molecule has 152 valence electrons. The minimum Gasteiger partial charge on any atom is -0.465 e. The van der Waals surface area contributed by atoms with Crippen LogP contribution < -0.4 is 5.46 Å². The monoisotopic (exact) mass is 404 g/mol. The van der Waals surface area contributed by atoms with Gasteiger partial charge in [-0.1, -0.05) is 6.07 Å². The van der Waals surface area contributed by atoms with Gasteiger partial charge in [-0.15, -0.1) is 0 Å². The standard InChI is InChI=1S/C21H21BN4O4/c1-20(2)21(3,4)30-22(29-20)13-9-15(19(27)28-5)16-12-24-26(17(16)10-13)18-8-6-7-14(11-23)25-18/h6-10,12H,1-5H3. The molecule has 3 aromatic rings. The van der Waals surface area contributed by atoms with Gasteiger partial charge in [0.1, 0.15) is 11.8 Å². The van der Waals surface area contributed by atoms with Crippen molar-refractivity contribution >= 4 is 29.5 Å². The molecule has 1 fully saturated rings. The number of rotatable bonds is 3. The summed E-state index contributed by atoms with van der Waals surface area (Å²) in [5.41, 5.74) is 0.862. The Morgan fingerprint density at radius 1 is 1.20 bits per heavy atom. The number of hydrogen-bond acceptors (Lipinski definition) is 7. The van der Waals surface area contributed by atoms with Gasteiger partial charge in [0, 0.05) is 5.39 Å². The van der Waals surface area contributed by atoms with Gasteiger partial charge in [-0.2, -0.15) is 10.4 Å². The Bertz CT molecular complexity index is 1180. The Kier molecular flexibility index (Phi) is 4.64. The highest BCUT2D eigenvalue weighted by Gasteiger charge is 2.52. The fourth-order valence-electron chi connectivity index (χ4n) is 3.33. The van der Waals surface area contributed by atoms with Gasteiger partial charge in [0.15, 0.2) is 5.82 Å². The molecule has 0 unspecified atom stereocenters. The number of hydrogen-bond donors (Lipinski definition) is 0. The first-order chi connectivity index (χ1) is 14.2. The number of benzene rings is 1. The Hall–Kier alpha value is -3.22. The van der Waals surface area contributed by atoms with E-state index in [2.05, 4.69) is 10.1 Å². The first kappa shape index (κ1) is 20.1. The molecule has 1 aromatic carbocycles. The van der Waals surface area contributed by atoms with Crippen molar-refractivity contribution in [1.29, 1.82) is 5.26 Å². The molecule has 2 aromatic heterocycles. The van der Waals surface area contributed by atoms with Crippen molar-refractivity contribution in [3.63, 3.8) is 0 Å². The second-order valence-electron chi connectivity index (χ2n) is 8.13. The van der Waals surface area contributed by atoms with Crippen LogP contribution in [0.4, 0.5) is 0 Å². The van der Waals surface area contributed by atoms with E-state index in [4.69, 9.17) is 14.0 Å².